The SMILES string of the molecule is COC(=O)c1sc(N2C(=O)C(=O)/C(=C(/O)c3c(C)nc4ccccn34)C2c2ccc(OC)cc2)nc1C. The Labute approximate surface area is 215 Å². The molecule has 1 fully saturated rings. The number of ketones is 1. The Morgan fingerprint density at radius 3 is 2.43 bits per heavy atom. The normalized spacial score (nSPS) is 17.0. The summed E-state index contributed by atoms with van der Waals surface area (Å²) in [6.07, 6.45) is 1.72. The molecule has 1 aliphatic heterocycles. The molecule has 1 unspecified atom stereocenters. The quantitative estimate of drug-likeness (QED) is 0.183. The van der Waals surface area contributed by atoms with Gasteiger partial charge in [-0.25, -0.2) is 14.8 Å². The van der Waals surface area contributed by atoms with Gasteiger partial charge in [0, 0.05) is 6.20 Å². The number of amides is 1. The molecular weight excluding hydrogens is 496 g/mol. The number of imidazole rings is 1. The third-order valence-electron chi connectivity index (χ3n) is 6.17. The maximum absolute atomic E-state index is 13.5. The number of carbonyl (C=O) groups is 3. The van der Waals surface area contributed by atoms with E-state index < -0.39 is 23.7 Å². The van der Waals surface area contributed by atoms with Crippen molar-refractivity contribution in [3.05, 3.63) is 81.8 Å². The number of nitrogens with zero attached hydrogens (tertiary/aromatic N) is 4. The lowest BCUT2D eigenvalue weighted by Crippen LogP contribution is -2.29. The van der Waals surface area contributed by atoms with Crippen LogP contribution in [0.25, 0.3) is 11.4 Å². The van der Waals surface area contributed by atoms with Gasteiger partial charge in [-0.05, 0) is 43.7 Å². The van der Waals surface area contributed by atoms with Gasteiger partial charge < -0.3 is 14.6 Å². The molecule has 4 aromatic rings. The van der Waals surface area contributed by atoms with E-state index in [2.05, 4.69) is 9.97 Å². The Morgan fingerprint density at radius 2 is 1.76 bits per heavy atom. The molecule has 1 amide bonds. The summed E-state index contributed by atoms with van der Waals surface area (Å²) >= 11 is 0.939. The molecule has 5 rings (SSSR count). The predicted molar refractivity (Wildman–Crippen MR) is 136 cm³/mol. The molecule has 37 heavy (non-hydrogen) atoms. The van der Waals surface area contributed by atoms with Crippen LogP contribution in [0.2, 0.25) is 0 Å². The van der Waals surface area contributed by atoms with E-state index in [-0.39, 0.29) is 21.3 Å². The zero-order chi connectivity index (χ0) is 26.4. The van der Waals surface area contributed by atoms with E-state index in [1.54, 1.807) is 60.8 Å². The summed E-state index contributed by atoms with van der Waals surface area (Å²) in [7, 11) is 2.78. The number of Topliss-reactive ketones (excluding diaryl/α,β-unsaturated/α-hetero) is 1. The highest BCUT2D eigenvalue weighted by atomic mass is 32.1. The van der Waals surface area contributed by atoms with Gasteiger partial charge in [0.05, 0.1) is 37.2 Å². The molecule has 188 valence electrons. The van der Waals surface area contributed by atoms with E-state index in [1.807, 2.05) is 6.07 Å². The molecule has 1 aromatic carbocycles. The molecule has 10 nitrogen and oxygen atoms in total. The molecule has 4 heterocycles. The van der Waals surface area contributed by atoms with Crippen LogP contribution in [0.3, 0.4) is 0 Å². The van der Waals surface area contributed by atoms with Crippen molar-refractivity contribution in [1.29, 1.82) is 0 Å². The van der Waals surface area contributed by atoms with Crippen LogP contribution < -0.4 is 9.64 Å². The van der Waals surface area contributed by atoms with Crippen LogP contribution >= 0.6 is 11.3 Å². The van der Waals surface area contributed by atoms with Crippen LogP contribution in [-0.4, -0.2) is 51.4 Å². The number of aliphatic hydroxyl groups excluding tert-OH is 1. The molecule has 3 aromatic heterocycles. The Balaban J connectivity index is 1.76. The zero-order valence-corrected chi connectivity index (χ0v) is 21.2. The first-order valence-electron chi connectivity index (χ1n) is 11.2. The fraction of sp³-hybridized carbons (Fsp3) is 0.192. The van der Waals surface area contributed by atoms with Crippen molar-refractivity contribution in [3.63, 3.8) is 0 Å². The van der Waals surface area contributed by atoms with Crippen molar-refractivity contribution >= 4 is 45.5 Å². The van der Waals surface area contributed by atoms with Gasteiger partial charge in [-0.2, -0.15) is 0 Å². The molecule has 0 radical (unpaired) electrons. The summed E-state index contributed by atoms with van der Waals surface area (Å²) in [5, 5.41) is 11.7. The molecule has 0 aliphatic carbocycles. The molecule has 0 spiro atoms. The fourth-order valence-corrected chi connectivity index (χ4v) is 5.44. The topological polar surface area (TPSA) is 123 Å². The standard InChI is InChI=1S/C26H22N4O6S/c1-13-19(29-12-6-5-7-17(29)27-13)21(31)18-20(15-8-10-16(35-3)11-9-15)30(24(33)22(18)32)26-28-14(2)23(37-26)25(34)36-4/h5-12,20,31H,1-4H3/b21-18+. The van der Waals surface area contributed by atoms with Gasteiger partial charge in [0.2, 0.25) is 0 Å². The molecule has 1 N–H and O–H groups in total. The van der Waals surface area contributed by atoms with Crippen LogP contribution in [-0.2, 0) is 14.3 Å². The van der Waals surface area contributed by atoms with Gasteiger partial charge in [0.25, 0.3) is 5.78 Å². The minimum atomic E-state index is -1.02. The first kappa shape index (κ1) is 24.2. The number of rotatable bonds is 5. The van der Waals surface area contributed by atoms with Crippen molar-refractivity contribution in [2.75, 3.05) is 19.1 Å². The number of anilines is 1. The molecule has 1 atom stereocenters. The van der Waals surface area contributed by atoms with Gasteiger partial charge in [0.1, 0.15) is 22.0 Å². The lowest BCUT2D eigenvalue weighted by Gasteiger charge is -2.23. The van der Waals surface area contributed by atoms with Crippen molar-refractivity contribution in [3.8, 4) is 5.75 Å². The highest BCUT2D eigenvalue weighted by molar-refractivity contribution is 7.17. The number of methoxy groups -OCH3 is 2. The number of thiazole rings is 1. The lowest BCUT2D eigenvalue weighted by molar-refractivity contribution is -0.132. The lowest BCUT2D eigenvalue weighted by atomic mass is 9.96. The summed E-state index contributed by atoms with van der Waals surface area (Å²) in [5.41, 5.74) is 2.16. The van der Waals surface area contributed by atoms with E-state index in [4.69, 9.17) is 9.47 Å². The van der Waals surface area contributed by atoms with E-state index in [0.29, 0.717) is 34.0 Å². The minimum Gasteiger partial charge on any atom is -0.505 e. The van der Waals surface area contributed by atoms with E-state index >= 15 is 0 Å². The van der Waals surface area contributed by atoms with Crippen molar-refractivity contribution < 1.29 is 29.0 Å². The average molecular weight is 519 g/mol. The number of aryl methyl sites for hydroxylation is 2. The molecule has 1 saturated heterocycles. The molecule has 1 aliphatic rings. The van der Waals surface area contributed by atoms with E-state index in [0.717, 1.165) is 11.3 Å². The van der Waals surface area contributed by atoms with Gasteiger partial charge in [-0.3, -0.25) is 18.9 Å². The Kier molecular flexibility index (Phi) is 6.00. The number of pyridine rings is 1. The average Bonchev–Trinajstić information content (AvgIpc) is 3.53. The number of hydrogen-bond donors (Lipinski definition) is 1. The summed E-state index contributed by atoms with van der Waals surface area (Å²) in [4.78, 5) is 49.4. The number of fused-ring (bicyclic) bond motifs is 1. The van der Waals surface area contributed by atoms with Crippen LogP contribution in [0.1, 0.15) is 38.4 Å². The first-order valence-corrected chi connectivity index (χ1v) is 12.0. The zero-order valence-electron chi connectivity index (χ0n) is 20.4. The van der Waals surface area contributed by atoms with Gasteiger partial charge in [-0.15, -0.1) is 0 Å². The smallest absolute Gasteiger partial charge is 0.350 e. The molecule has 0 saturated carbocycles. The Morgan fingerprint density at radius 1 is 1.03 bits per heavy atom. The second kappa shape index (κ2) is 9.17. The van der Waals surface area contributed by atoms with Crippen molar-refractivity contribution in [1.82, 2.24) is 14.4 Å². The van der Waals surface area contributed by atoms with Gasteiger partial charge >= 0.3 is 11.9 Å². The summed E-state index contributed by atoms with van der Waals surface area (Å²) in [5.74, 6) is -2.13. The van der Waals surface area contributed by atoms with Crippen LogP contribution in [0.4, 0.5) is 5.13 Å². The third kappa shape index (κ3) is 3.84. The Hall–Kier alpha value is -4.51. The second-order valence-electron chi connectivity index (χ2n) is 8.32. The minimum absolute atomic E-state index is 0.114. The number of carbonyl (C=O) groups excluding carboxylic acids is 3. The maximum atomic E-state index is 13.5. The number of benzene rings is 1. The number of aliphatic hydroxyl groups is 1. The fourth-order valence-electron chi connectivity index (χ4n) is 4.43. The van der Waals surface area contributed by atoms with E-state index in [9.17, 15) is 19.5 Å². The molecule has 0 bridgehead atoms. The monoisotopic (exact) mass is 518 g/mol. The van der Waals surface area contributed by atoms with Crippen LogP contribution in [0.5, 0.6) is 5.75 Å². The largest absolute Gasteiger partial charge is 0.505 e. The highest BCUT2D eigenvalue weighted by Gasteiger charge is 2.49. The van der Waals surface area contributed by atoms with Gasteiger partial charge in [-0.1, -0.05) is 29.5 Å². The Bertz CT molecular complexity index is 1600. The summed E-state index contributed by atoms with van der Waals surface area (Å²) < 4.78 is 11.7. The molecular formula is C26H22N4O6S. The first-order chi connectivity index (χ1) is 17.8. The maximum Gasteiger partial charge on any atom is 0.350 e. The summed E-state index contributed by atoms with van der Waals surface area (Å²) in [6.45, 7) is 3.33. The molecule has 11 heteroatoms. The predicted octanol–water partition coefficient (Wildman–Crippen LogP) is 3.83. The van der Waals surface area contributed by atoms with E-state index in [1.165, 1.54) is 19.1 Å². The highest BCUT2D eigenvalue weighted by Crippen LogP contribution is 2.44. The van der Waals surface area contributed by atoms with Crippen molar-refractivity contribution in [2.24, 2.45) is 0 Å². The number of esters is 1. The summed E-state index contributed by atoms with van der Waals surface area (Å²) in [6, 6.07) is 11.1. The number of hydrogen-bond acceptors (Lipinski definition) is 9. The number of aromatic nitrogens is 3. The van der Waals surface area contributed by atoms with Crippen LogP contribution in [0.15, 0.2) is 54.2 Å². The third-order valence-corrected chi connectivity index (χ3v) is 7.30. The van der Waals surface area contributed by atoms with Crippen LogP contribution in [0, 0.1) is 13.8 Å². The number of ether oxygens (including phenoxy) is 2. The second-order valence-corrected chi connectivity index (χ2v) is 9.30. The van der Waals surface area contributed by atoms with Gasteiger partial charge in [0.15, 0.2) is 10.9 Å². The van der Waals surface area contributed by atoms with Crippen molar-refractivity contribution in [2.45, 2.75) is 19.9 Å².